The van der Waals surface area contributed by atoms with E-state index in [1.807, 2.05) is 66.9 Å². The summed E-state index contributed by atoms with van der Waals surface area (Å²) in [5.74, 6) is 1.15. The van der Waals surface area contributed by atoms with Crippen LogP contribution in [0.3, 0.4) is 0 Å². The molecule has 2 aromatic carbocycles. The molecule has 0 aliphatic carbocycles. The van der Waals surface area contributed by atoms with Gasteiger partial charge in [-0.2, -0.15) is 0 Å². The Morgan fingerprint density at radius 1 is 1.05 bits per heavy atom. The van der Waals surface area contributed by atoms with Crippen molar-refractivity contribution >= 4 is 36.0 Å². The highest BCUT2D eigenvalue weighted by Gasteiger charge is 2.20. The lowest BCUT2D eigenvalue weighted by Gasteiger charge is -2.20. The minimum Gasteiger partial charge on any atom is -0.361 e. The van der Waals surface area contributed by atoms with E-state index in [0.717, 1.165) is 17.3 Å². The van der Waals surface area contributed by atoms with Crippen molar-refractivity contribution in [3.05, 3.63) is 82.9 Å². The van der Waals surface area contributed by atoms with Crippen LogP contribution in [0.15, 0.2) is 66.0 Å². The second-order valence-electron chi connectivity index (χ2n) is 10.8. The number of para-hydroxylation sites is 1. The Bertz CT molecular complexity index is 1660. The molecular formula is C28H33N7O2Si. The Balaban J connectivity index is 1.48. The van der Waals surface area contributed by atoms with Crippen molar-refractivity contribution in [2.24, 2.45) is 0 Å². The summed E-state index contributed by atoms with van der Waals surface area (Å²) in [6.45, 7) is 12.1. The lowest BCUT2D eigenvalue weighted by atomic mass is 10.1. The van der Waals surface area contributed by atoms with Crippen LogP contribution in [0.25, 0.3) is 27.8 Å². The molecule has 1 unspecified atom stereocenters. The van der Waals surface area contributed by atoms with Gasteiger partial charge in [-0.25, -0.2) is 19.9 Å². The second-order valence-corrected chi connectivity index (χ2v) is 16.4. The van der Waals surface area contributed by atoms with E-state index in [4.69, 9.17) is 9.72 Å². The molecule has 1 N–H and O–H groups in total. The molecular weight excluding hydrogens is 494 g/mol. The number of aryl methyl sites for hydroxylation is 1. The van der Waals surface area contributed by atoms with Crippen molar-refractivity contribution in [1.82, 2.24) is 29.1 Å². The molecule has 0 amide bonds. The van der Waals surface area contributed by atoms with Gasteiger partial charge < -0.3 is 10.1 Å². The third-order valence-corrected chi connectivity index (χ3v) is 8.13. The van der Waals surface area contributed by atoms with Crippen LogP contribution in [0.5, 0.6) is 0 Å². The molecule has 38 heavy (non-hydrogen) atoms. The van der Waals surface area contributed by atoms with Crippen LogP contribution in [0.1, 0.15) is 24.4 Å². The highest BCUT2D eigenvalue weighted by atomic mass is 28.3. The van der Waals surface area contributed by atoms with E-state index < -0.39 is 8.07 Å². The third-order valence-electron chi connectivity index (χ3n) is 6.43. The van der Waals surface area contributed by atoms with Crippen molar-refractivity contribution in [3.63, 3.8) is 0 Å². The normalized spacial score (nSPS) is 12.8. The molecule has 0 fully saturated rings. The van der Waals surface area contributed by atoms with Gasteiger partial charge in [0.05, 0.1) is 29.0 Å². The summed E-state index contributed by atoms with van der Waals surface area (Å²) in [5, 5.41) is 4.01. The largest absolute Gasteiger partial charge is 0.361 e. The van der Waals surface area contributed by atoms with Gasteiger partial charge in [0.2, 0.25) is 0 Å². The van der Waals surface area contributed by atoms with Crippen LogP contribution in [0.2, 0.25) is 25.7 Å². The van der Waals surface area contributed by atoms with E-state index in [2.05, 4.69) is 39.9 Å². The molecule has 5 rings (SSSR count). The van der Waals surface area contributed by atoms with Crippen LogP contribution in [0.4, 0.5) is 5.82 Å². The Morgan fingerprint density at radius 2 is 1.87 bits per heavy atom. The zero-order chi connectivity index (χ0) is 26.9. The molecule has 196 valence electrons. The lowest BCUT2D eigenvalue weighted by molar-refractivity contribution is 0.0895. The molecule has 0 aliphatic heterocycles. The van der Waals surface area contributed by atoms with E-state index in [0.29, 0.717) is 47.0 Å². The number of hydrogen-bond acceptors (Lipinski definition) is 7. The molecule has 10 heteroatoms. The van der Waals surface area contributed by atoms with Crippen molar-refractivity contribution in [2.45, 2.75) is 52.3 Å². The SMILES string of the molecule is Cc1cccc(-n2c(C(C)Nc3ncnc4c3ncn4COCC[Si](C)(C)C)nc3ccccc3c2=O)c1. The summed E-state index contributed by atoms with van der Waals surface area (Å²) in [6, 6.07) is 16.0. The van der Waals surface area contributed by atoms with Gasteiger partial charge in [-0.3, -0.25) is 13.9 Å². The van der Waals surface area contributed by atoms with Crippen LogP contribution in [0, 0.1) is 6.92 Å². The number of nitrogens with zero attached hydrogens (tertiary/aromatic N) is 6. The van der Waals surface area contributed by atoms with Gasteiger partial charge in [0, 0.05) is 14.7 Å². The minimum absolute atomic E-state index is 0.113. The summed E-state index contributed by atoms with van der Waals surface area (Å²) in [6.07, 6.45) is 3.24. The Labute approximate surface area is 222 Å². The number of rotatable bonds is 9. The Kier molecular flexibility index (Phi) is 7.09. The summed E-state index contributed by atoms with van der Waals surface area (Å²) in [4.78, 5) is 32.1. The first-order chi connectivity index (χ1) is 18.2. The molecule has 5 aromatic rings. The van der Waals surface area contributed by atoms with Crippen LogP contribution in [-0.2, 0) is 11.5 Å². The number of aromatic nitrogens is 6. The van der Waals surface area contributed by atoms with Crippen molar-refractivity contribution in [1.29, 1.82) is 0 Å². The fraction of sp³-hybridized carbons (Fsp3) is 0.321. The molecule has 0 radical (unpaired) electrons. The molecule has 1 atom stereocenters. The first kappa shape index (κ1) is 25.7. The molecule has 0 spiro atoms. The van der Waals surface area contributed by atoms with Crippen LogP contribution >= 0.6 is 0 Å². The fourth-order valence-corrected chi connectivity index (χ4v) is 5.11. The van der Waals surface area contributed by atoms with E-state index in [9.17, 15) is 4.79 Å². The van der Waals surface area contributed by atoms with Crippen LogP contribution < -0.4 is 10.9 Å². The number of hydrogen-bond donors (Lipinski definition) is 1. The maximum atomic E-state index is 13.7. The molecule has 0 saturated heterocycles. The van der Waals surface area contributed by atoms with E-state index in [1.54, 1.807) is 10.9 Å². The quantitative estimate of drug-likeness (QED) is 0.205. The van der Waals surface area contributed by atoms with Crippen LogP contribution in [-0.4, -0.2) is 43.8 Å². The summed E-state index contributed by atoms with van der Waals surface area (Å²) >= 11 is 0. The Morgan fingerprint density at radius 3 is 2.66 bits per heavy atom. The molecule has 0 saturated carbocycles. The standard InChI is InChI=1S/C28H33N7O2Si/c1-19-9-8-10-21(15-19)35-26(33-23-12-7-6-11-22(23)28(35)36)20(2)32-25-24-27(30-16-29-25)34(17-31-24)18-37-13-14-38(3,4)5/h6-12,15-17,20H,13-14,18H2,1-5H3,(H,29,30,32). The van der Waals surface area contributed by atoms with Gasteiger partial charge in [-0.15, -0.1) is 0 Å². The maximum Gasteiger partial charge on any atom is 0.266 e. The lowest BCUT2D eigenvalue weighted by Crippen LogP contribution is -2.27. The van der Waals surface area contributed by atoms with Gasteiger partial charge in [0.25, 0.3) is 5.56 Å². The van der Waals surface area contributed by atoms with Gasteiger partial charge in [0.15, 0.2) is 17.0 Å². The summed E-state index contributed by atoms with van der Waals surface area (Å²) in [5.41, 5.74) is 3.69. The van der Waals surface area contributed by atoms with Crippen molar-refractivity contribution in [3.8, 4) is 5.69 Å². The number of ether oxygens (including phenoxy) is 1. The number of imidazole rings is 1. The van der Waals surface area contributed by atoms with E-state index in [-0.39, 0.29) is 11.6 Å². The molecule has 3 aromatic heterocycles. The number of nitrogens with one attached hydrogen (secondary N) is 1. The molecule has 0 bridgehead atoms. The first-order valence-electron chi connectivity index (χ1n) is 12.8. The van der Waals surface area contributed by atoms with Crippen molar-refractivity contribution < 1.29 is 4.74 Å². The highest BCUT2D eigenvalue weighted by Crippen LogP contribution is 2.25. The monoisotopic (exact) mass is 527 g/mol. The van der Waals surface area contributed by atoms with Gasteiger partial charge in [-0.1, -0.05) is 43.9 Å². The fourth-order valence-electron chi connectivity index (χ4n) is 4.35. The smallest absolute Gasteiger partial charge is 0.266 e. The third kappa shape index (κ3) is 5.36. The van der Waals surface area contributed by atoms with E-state index >= 15 is 0 Å². The van der Waals surface area contributed by atoms with E-state index in [1.165, 1.54) is 6.33 Å². The maximum absolute atomic E-state index is 13.7. The summed E-state index contributed by atoms with van der Waals surface area (Å²) in [7, 11) is -1.16. The first-order valence-corrected chi connectivity index (χ1v) is 16.5. The number of benzene rings is 2. The number of anilines is 1. The highest BCUT2D eigenvalue weighted by molar-refractivity contribution is 6.76. The van der Waals surface area contributed by atoms with Gasteiger partial charge >= 0.3 is 0 Å². The van der Waals surface area contributed by atoms with Crippen molar-refractivity contribution in [2.75, 3.05) is 11.9 Å². The number of fused-ring (bicyclic) bond motifs is 2. The minimum atomic E-state index is -1.16. The predicted octanol–water partition coefficient (Wildman–Crippen LogP) is 5.32. The zero-order valence-electron chi connectivity index (χ0n) is 22.5. The topological polar surface area (TPSA) is 99.8 Å². The molecule has 9 nitrogen and oxygen atoms in total. The Hall–Kier alpha value is -3.89. The molecule has 3 heterocycles. The average Bonchev–Trinajstić information content (AvgIpc) is 3.30. The second kappa shape index (κ2) is 10.5. The van der Waals surface area contributed by atoms with Gasteiger partial charge in [0.1, 0.15) is 18.9 Å². The van der Waals surface area contributed by atoms with Gasteiger partial charge in [-0.05, 0) is 49.7 Å². The summed E-state index contributed by atoms with van der Waals surface area (Å²) < 4.78 is 9.47. The average molecular weight is 528 g/mol. The zero-order valence-corrected chi connectivity index (χ0v) is 23.5. The predicted molar refractivity (Wildman–Crippen MR) is 154 cm³/mol. The molecule has 0 aliphatic rings.